The summed E-state index contributed by atoms with van der Waals surface area (Å²) in [6, 6.07) is 1.48. The number of hydrogen-bond acceptors (Lipinski definition) is 4. The van der Waals surface area contributed by atoms with Crippen LogP contribution in [0.25, 0.3) is 0 Å². The topological polar surface area (TPSA) is 42.7 Å². The van der Waals surface area contributed by atoms with Crippen LogP contribution in [0.1, 0.15) is 35.9 Å². The van der Waals surface area contributed by atoms with E-state index in [1.54, 1.807) is 11.8 Å². The molecule has 0 saturated carbocycles. The monoisotopic (exact) mass is 305 g/mol. The van der Waals surface area contributed by atoms with Gasteiger partial charge < -0.3 is 9.15 Å². The van der Waals surface area contributed by atoms with Crippen molar-refractivity contribution in [3.63, 3.8) is 0 Å². The first-order chi connectivity index (χ1) is 9.91. The van der Waals surface area contributed by atoms with Gasteiger partial charge >= 0.3 is 12.1 Å². The Kier molecular flexibility index (Phi) is 4.92. The zero-order valence-corrected chi connectivity index (χ0v) is 11.8. The molecule has 0 N–H and O–H groups in total. The highest BCUT2D eigenvalue weighted by molar-refractivity contribution is 5.90. The van der Waals surface area contributed by atoms with Crippen molar-refractivity contribution in [2.24, 2.45) is 5.92 Å². The van der Waals surface area contributed by atoms with Gasteiger partial charge in [0, 0.05) is 6.54 Å². The van der Waals surface area contributed by atoms with Crippen LogP contribution >= 0.6 is 0 Å². The van der Waals surface area contributed by atoms with E-state index in [1.165, 1.54) is 12.3 Å². The van der Waals surface area contributed by atoms with Crippen molar-refractivity contribution in [2.75, 3.05) is 19.7 Å². The minimum Gasteiger partial charge on any atom is -0.467 e. The Morgan fingerprint density at radius 1 is 1.52 bits per heavy atom. The highest BCUT2D eigenvalue weighted by atomic mass is 19.4. The Morgan fingerprint density at radius 2 is 2.29 bits per heavy atom. The molecule has 1 aliphatic heterocycles. The fraction of sp³-hybridized carbons (Fsp3) is 0.643. The molecule has 21 heavy (non-hydrogen) atoms. The van der Waals surface area contributed by atoms with Crippen molar-refractivity contribution in [1.82, 2.24) is 4.90 Å². The van der Waals surface area contributed by atoms with Gasteiger partial charge in [0.05, 0.1) is 25.3 Å². The van der Waals surface area contributed by atoms with Gasteiger partial charge in [-0.1, -0.05) is 0 Å². The van der Waals surface area contributed by atoms with Gasteiger partial charge in [-0.2, -0.15) is 13.2 Å². The molecule has 0 aromatic carbocycles. The molecule has 1 fully saturated rings. The van der Waals surface area contributed by atoms with Gasteiger partial charge in [0.2, 0.25) is 0 Å². The summed E-state index contributed by atoms with van der Waals surface area (Å²) < 4.78 is 48.5. The second kappa shape index (κ2) is 6.51. The predicted octanol–water partition coefficient (Wildman–Crippen LogP) is 3.23. The van der Waals surface area contributed by atoms with E-state index in [0.29, 0.717) is 18.7 Å². The number of piperidine rings is 1. The first-order valence-corrected chi connectivity index (χ1v) is 6.94. The van der Waals surface area contributed by atoms with Crippen LogP contribution in [0, 0.1) is 5.92 Å². The maximum Gasteiger partial charge on any atom is 0.393 e. The number of hydrogen-bond donors (Lipinski definition) is 0. The van der Waals surface area contributed by atoms with Crippen molar-refractivity contribution in [2.45, 2.75) is 32.5 Å². The summed E-state index contributed by atoms with van der Waals surface area (Å²) in [5.74, 6) is -1.46. The molecule has 0 aliphatic carbocycles. The predicted molar refractivity (Wildman–Crippen MR) is 68.7 cm³/mol. The maximum absolute atomic E-state index is 12.8. The summed E-state index contributed by atoms with van der Waals surface area (Å²) in [5.41, 5.74) is 0.283. The summed E-state index contributed by atoms with van der Waals surface area (Å²) in [6.07, 6.45) is -2.18. The minimum absolute atomic E-state index is 0.0630. The largest absolute Gasteiger partial charge is 0.467 e. The third kappa shape index (κ3) is 4.00. The first-order valence-electron chi connectivity index (χ1n) is 6.94. The zero-order valence-electron chi connectivity index (χ0n) is 11.8. The average molecular weight is 305 g/mol. The van der Waals surface area contributed by atoms with Crippen molar-refractivity contribution in [3.05, 3.63) is 23.7 Å². The van der Waals surface area contributed by atoms with Gasteiger partial charge in [-0.3, -0.25) is 4.90 Å². The maximum atomic E-state index is 12.8. The van der Waals surface area contributed by atoms with Gasteiger partial charge in [0.1, 0.15) is 11.3 Å². The van der Waals surface area contributed by atoms with Crippen LogP contribution in [0.2, 0.25) is 0 Å². The molecule has 1 atom stereocenters. The molecule has 1 saturated heterocycles. The minimum atomic E-state index is -4.17. The number of halogens is 3. The number of nitrogens with zero attached hydrogens (tertiary/aromatic N) is 1. The third-order valence-corrected chi connectivity index (χ3v) is 3.58. The molecule has 7 heteroatoms. The van der Waals surface area contributed by atoms with Gasteiger partial charge in [-0.25, -0.2) is 4.79 Å². The first kappa shape index (κ1) is 15.9. The van der Waals surface area contributed by atoms with Crippen LogP contribution in [0.15, 0.2) is 16.7 Å². The van der Waals surface area contributed by atoms with Crippen LogP contribution in [-0.2, 0) is 11.3 Å². The number of carbonyl (C=O) groups is 1. The van der Waals surface area contributed by atoms with Crippen LogP contribution in [0.3, 0.4) is 0 Å². The average Bonchev–Trinajstić information content (AvgIpc) is 2.86. The molecule has 4 nitrogen and oxygen atoms in total. The van der Waals surface area contributed by atoms with Gasteiger partial charge in [0.15, 0.2) is 0 Å². The summed E-state index contributed by atoms with van der Waals surface area (Å²) >= 11 is 0. The Morgan fingerprint density at radius 3 is 2.95 bits per heavy atom. The van der Waals surface area contributed by atoms with Crippen LogP contribution in [0.4, 0.5) is 13.2 Å². The van der Waals surface area contributed by atoms with Gasteiger partial charge in [-0.05, 0) is 32.4 Å². The summed E-state index contributed by atoms with van der Waals surface area (Å²) in [6.45, 7) is 2.62. The number of esters is 1. The van der Waals surface area contributed by atoms with E-state index in [0.717, 1.165) is 0 Å². The smallest absolute Gasteiger partial charge is 0.393 e. The number of alkyl halides is 3. The van der Waals surface area contributed by atoms with Crippen LogP contribution < -0.4 is 0 Å². The normalized spacial score (nSPS) is 20.5. The summed E-state index contributed by atoms with van der Waals surface area (Å²) in [4.78, 5) is 13.4. The Labute approximate surface area is 120 Å². The quantitative estimate of drug-likeness (QED) is 0.801. The molecule has 0 radical (unpaired) electrons. The lowest BCUT2D eigenvalue weighted by Gasteiger charge is -2.33. The molecule has 0 bridgehead atoms. The van der Waals surface area contributed by atoms with E-state index in [9.17, 15) is 18.0 Å². The summed E-state index contributed by atoms with van der Waals surface area (Å²) in [7, 11) is 0. The molecule has 1 aromatic rings. The zero-order chi connectivity index (χ0) is 15.5. The second-order valence-electron chi connectivity index (χ2n) is 5.09. The van der Waals surface area contributed by atoms with E-state index >= 15 is 0 Å². The lowest BCUT2D eigenvalue weighted by molar-refractivity contribution is -0.187. The third-order valence-electron chi connectivity index (χ3n) is 3.58. The van der Waals surface area contributed by atoms with Crippen molar-refractivity contribution >= 4 is 5.97 Å². The molecule has 0 spiro atoms. The van der Waals surface area contributed by atoms with Crippen molar-refractivity contribution < 1.29 is 27.1 Å². The molecular weight excluding hydrogens is 287 g/mol. The van der Waals surface area contributed by atoms with E-state index in [-0.39, 0.29) is 31.7 Å². The number of carbonyl (C=O) groups excluding carboxylic acids is 1. The van der Waals surface area contributed by atoms with E-state index in [2.05, 4.69) is 0 Å². The van der Waals surface area contributed by atoms with Crippen molar-refractivity contribution in [3.8, 4) is 0 Å². The van der Waals surface area contributed by atoms with Gasteiger partial charge in [0.25, 0.3) is 0 Å². The molecule has 1 aliphatic rings. The fourth-order valence-corrected chi connectivity index (χ4v) is 2.52. The van der Waals surface area contributed by atoms with E-state index in [4.69, 9.17) is 9.15 Å². The lowest BCUT2D eigenvalue weighted by atomic mass is 9.97. The molecular formula is C14H18F3NO3. The van der Waals surface area contributed by atoms with Crippen LogP contribution in [0.5, 0.6) is 0 Å². The number of likely N-dealkylation sites (tertiary alicyclic amines) is 1. The SMILES string of the molecule is CCOC(=O)c1ccoc1CN1CCC[C@H](C(F)(F)F)C1. The lowest BCUT2D eigenvalue weighted by Crippen LogP contribution is -2.41. The number of ether oxygens (including phenoxy) is 1. The molecule has 118 valence electrons. The standard InChI is InChI=1S/C14H18F3NO3/c1-2-20-13(19)11-5-7-21-12(11)9-18-6-3-4-10(8-18)14(15,16)17/h5,7,10H,2-4,6,8-9H2,1H3/t10-/m0/s1. The molecule has 0 unspecified atom stereocenters. The molecule has 2 heterocycles. The highest BCUT2D eigenvalue weighted by Gasteiger charge is 2.41. The Hall–Kier alpha value is -1.50. The Balaban J connectivity index is 2.02. The molecule has 0 amide bonds. The van der Waals surface area contributed by atoms with Gasteiger partial charge in [-0.15, -0.1) is 0 Å². The number of rotatable bonds is 4. The second-order valence-corrected chi connectivity index (χ2v) is 5.09. The molecule has 2 rings (SSSR count). The summed E-state index contributed by atoms with van der Waals surface area (Å²) in [5, 5.41) is 0. The highest BCUT2D eigenvalue weighted by Crippen LogP contribution is 2.33. The Bertz CT molecular complexity index is 484. The van der Waals surface area contributed by atoms with Crippen LogP contribution in [-0.4, -0.2) is 36.7 Å². The number of furan rings is 1. The fourth-order valence-electron chi connectivity index (χ4n) is 2.52. The van der Waals surface area contributed by atoms with E-state index in [1.807, 2.05) is 0 Å². The van der Waals surface area contributed by atoms with E-state index < -0.39 is 18.1 Å². The molecule has 1 aromatic heterocycles. The van der Waals surface area contributed by atoms with Crippen molar-refractivity contribution in [1.29, 1.82) is 0 Å².